The first kappa shape index (κ1) is 16.1. The van der Waals surface area contributed by atoms with Gasteiger partial charge in [0.2, 0.25) is 0 Å². The van der Waals surface area contributed by atoms with Gasteiger partial charge < -0.3 is 10.1 Å². The van der Waals surface area contributed by atoms with Crippen LogP contribution in [0, 0.1) is 13.8 Å². The maximum Gasteiger partial charge on any atom is 0.122 e. The van der Waals surface area contributed by atoms with Gasteiger partial charge in [0.15, 0.2) is 0 Å². The fourth-order valence-electron chi connectivity index (χ4n) is 2.64. The third-order valence-electron chi connectivity index (χ3n) is 3.83. The fraction of sp³-hybridized carbons (Fsp3) is 0.333. The second-order valence-electron chi connectivity index (χ2n) is 5.36. The van der Waals surface area contributed by atoms with Crippen LogP contribution in [0.3, 0.4) is 0 Å². The molecule has 2 aromatic rings. The van der Waals surface area contributed by atoms with Crippen molar-refractivity contribution in [2.45, 2.75) is 26.3 Å². The number of rotatable bonds is 5. The highest BCUT2D eigenvalue weighted by molar-refractivity contribution is 9.10. The SMILES string of the molecule is CNC(Cc1cc(C)ccc1OC)c1cc(Br)ccc1C. The summed E-state index contributed by atoms with van der Waals surface area (Å²) in [5, 5.41) is 3.43. The highest BCUT2D eigenvalue weighted by atomic mass is 79.9. The zero-order chi connectivity index (χ0) is 15.4. The average molecular weight is 348 g/mol. The van der Waals surface area contributed by atoms with Gasteiger partial charge in [0.25, 0.3) is 0 Å². The summed E-state index contributed by atoms with van der Waals surface area (Å²) >= 11 is 3.57. The van der Waals surface area contributed by atoms with Crippen LogP contribution in [0.1, 0.15) is 28.3 Å². The van der Waals surface area contributed by atoms with Gasteiger partial charge in [-0.1, -0.05) is 39.7 Å². The molecule has 0 amide bonds. The molecule has 1 N–H and O–H groups in total. The van der Waals surface area contributed by atoms with Crippen molar-refractivity contribution in [2.75, 3.05) is 14.2 Å². The Morgan fingerprint density at radius 2 is 1.90 bits per heavy atom. The number of benzene rings is 2. The Bertz CT molecular complexity index is 625. The number of ether oxygens (including phenoxy) is 1. The molecule has 0 aliphatic carbocycles. The van der Waals surface area contributed by atoms with Crippen molar-refractivity contribution < 1.29 is 4.74 Å². The van der Waals surface area contributed by atoms with Crippen molar-refractivity contribution in [2.24, 2.45) is 0 Å². The molecule has 112 valence electrons. The van der Waals surface area contributed by atoms with Crippen molar-refractivity contribution in [1.29, 1.82) is 0 Å². The maximum absolute atomic E-state index is 5.50. The Labute approximate surface area is 135 Å². The maximum atomic E-state index is 5.50. The van der Waals surface area contributed by atoms with E-state index in [-0.39, 0.29) is 6.04 Å². The molecule has 2 aromatic carbocycles. The van der Waals surface area contributed by atoms with E-state index in [4.69, 9.17) is 4.74 Å². The number of methoxy groups -OCH3 is 1. The highest BCUT2D eigenvalue weighted by Crippen LogP contribution is 2.29. The average Bonchev–Trinajstić information content (AvgIpc) is 2.47. The largest absolute Gasteiger partial charge is 0.496 e. The first-order chi connectivity index (χ1) is 10.0. The number of likely N-dealkylation sites (N-methyl/N-ethyl adjacent to an activating group) is 1. The molecule has 0 heterocycles. The van der Waals surface area contributed by atoms with Crippen molar-refractivity contribution in [3.63, 3.8) is 0 Å². The summed E-state index contributed by atoms with van der Waals surface area (Å²) < 4.78 is 6.61. The van der Waals surface area contributed by atoms with Crippen molar-refractivity contribution >= 4 is 15.9 Å². The van der Waals surface area contributed by atoms with E-state index in [0.717, 1.165) is 16.6 Å². The summed E-state index contributed by atoms with van der Waals surface area (Å²) in [6, 6.07) is 13.0. The number of halogens is 1. The summed E-state index contributed by atoms with van der Waals surface area (Å²) in [5.41, 5.74) is 5.10. The van der Waals surface area contributed by atoms with Crippen LogP contribution >= 0.6 is 15.9 Å². The molecule has 0 bridgehead atoms. The molecular formula is C18H22BrNO. The minimum atomic E-state index is 0.262. The minimum absolute atomic E-state index is 0.262. The van der Waals surface area contributed by atoms with Crippen LogP contribution in [0.25, 0.3) is 0 Å². The summed E-state index contributed by atoms with van der Waals surface area (Å²) in [7, 11) is 3.74. The van der Waals surface area contributed by atoms with E-state index in [9.17, 15) is 0 Å². The number of aryl methyl sites for hydroxylation is 2. The quantitative estimate of drug-likeness (QED) is 0.854. The van der Waals surface area contributed by atoms with Crippen LogP contribution in [0.2, 0.25) is 0 Å². The lowest BCUT2D eigenvalue weighted by atomic mass is 9.94. The van der Waals surface area contributed by atoms with Crippen LogP contribution in [0.15, 0.2) is 40.9 Å². The standard InChI is InChI=1S/C18H22BrNO/c1-12-5-8-18(21-4)14(9-12)10-17(20-3)16-11-15(19)7-6-13(16)2/h5-9,11,17,20H,10H2,1-4H3. The van der Waals surface area contributed by atoms with Crippen molar-refractivity contribution in [3.8, 4) is 5.75 Å². The molecule has 1 unspecified atom stereocenters. The number of hydrogen-bond acceptors (Lipinski definition) is 2. The van der Waals surface area contributed by atoms with Crippen LogP contribution in [-0.2, 0) is 6.42 Å². The Balaban J connectivity index is 2.35. The van der Waals surface area contributed by atoms with Gasteiger partial charge in [0, 0.05) is 10.5 Å². The van der Waals surface area contributed by atoms with Crippen LogP contribution < -0.4 is 10.1 Å². The molecule has 0 saturated heterocycles. The molecule has 1 atom stereocenters. The highest BCUT2D eigenvalue weighted by Gasteiger charge is 2.15. The summed E-state index contributed by atoms with van der Waals surface area (Å²) in [5.74, 6) is 0.952. The van der Waals surface area contributed by atoms with Gasteiger partial charge in [0.05, 0.1) is 7.11 Å². The number of hydrogen-bond donors (Lipinski definition) is 1. The molecule has 2 rings (SSSR count). The molecule has 0 radical (unpaired) electrons. The van der Waals surface area contributed by atoms with Crippen LogP contribution in [-0.4, -0.2) is 14.2 Å². The summed E-state index contributed by atoms with van der Waals surface area (Å²) in [6.45, 7) is 4.27. The van der Waals surface area contributed by atoms with Gasteiger partial charge in [-0.2, -0.15) is 0 Å². The lowest BCUT2D eigenvalue weighted by molar-refractivity contribution is 0.406. The van der Waals surface area contributed by atoms with Gasteiger partial charge >= 0.3 is 0 Å². The lowest BCUT2D eigenvalue weighted by Gasteiger charge is -2.21. The zero-order valence-corrected chi connectivity index (χ0v) is 14.6. The fourth-order valence-corrected chi connectivity index (χ4v) is 3.02. The molecule has 0 fully saturated rings. The predicted octanol–water partition coefficient (Wildman–Crippen LogP) is 4.58. The molecule has 0 aromatic heterocycles. The second-order valence-corrected chi connectivity index (χ2v) is 6.28. The van der Waals surface area contributed by atoms with Gasteiger partial charge in [-0.05, 0) is 62.2 Å². The molecular weight excluding hydrogens is 326 g/mol. The monoisotopic (exact) mass is 347 g/mol. The van der Waals surface area contributed by atoms with E-state index < -0.39 is 0 Å². The molecule has 2 nitrogen and oxygen atoms in total. The summed E-state index contributed by atoms with van der Waals surface area (Å²) in [6.07, 6.45) is 0.901. The topological polar surface area (TPSA) is 21.3 Å². The van der Waals surface area contributed by atoms with Gasteiger partial charge in [-0.25, -0.2) is 0 Å². The normalized spacial score (nSPS) is 12.2. The third-order valence-corrected chi connectivity index (χ3v) is 4.32. The van der Waals surface area contributed by atoms with Crippen LogP contribution in [0.5, 0.6) is 5.75 Å². The predicted molar refractivity (Wildman–Crippen MR) is 92.1 cm³/mol. The van der Waals surface area contributed by atoms with E-state index in [1.54, 1.807) is 7.11 Å². The third kappa shape index (κ3) is 3.86. The van der Waals surface area contributed by atoms with E-state index in [1.165, 1.54) is 22.3 Å². The molecule has 0 aliphatic heterocycles. The van der Waals surface area contributed by atoms with E-state index >= 15 is 0 Å². The Kier molecular flexibility index (Phi) is 5.43. The lowest BCUT2D eigenvalue weighted by Crippen LogP contribution is -2.20. The Morgan fingerprint density at radius 3 is 2.57 bits per heavy atom. The minimum Gasteiger partial charge on any atom is -0.496 e. The first-order valence-electron chi connectivity index (χ1n) is 7.12. The first-order valence-corrected chi connectivity index (χ1v) is 7.91. The van der Waals surface area contributed by atoms with E-state index in [1.807, 2.05) is 13.1 Å². The van der Waals surface area contributed by atoms with Gasteiger partial charge in [-0.3, -0.25) is 0 Å². The van der Waals surface area contributed by atoms with Gasteiger partial charge in [0.1, 0.15) is 5.75 Å². The molecule has 0 aliphatic rings. The zero-order valence-electron chi connectivity index (χ0n) is 13.0. The smallest absolute Gasteiger partial charge is 0.122 e. The van der Waals surface area contributed by atoms with E-state index in [0.29, 0.717) is 0 Å². The molecule has 21 heavy (non-hydrogen) atoms. The Hall–Kier alpha value is -1.32. The van der Waals surface area contributed by atoms with Gasteiger partial charge in [-0.15, -0.1) is 0 Å². The molecule has 3 heteroatoms. The van der Waals surface area contributed by atoms with E-state index in [2.05, 4.69) is 65.4 Å². The number of nitrogens with one attached hydrogen (secondary N) is 1. The molecule has 0 spiro atoms. The summed E-state index contributed by atoms with van der Waals surface area (Å²) in [4.78, 5) is 0. The van der Waals surface area contributed by atoms with Crippen LogP contribution in [0.4, 0.5) is 0 Å². The molecule has 0 saturated carbocycles. The Morgan fingerprint density at radius 1 is 1.14 bits per heavy atom. The second kappa shape index (κ2) is 7.10. The van der Waals surface area contributed by atoms with Crippen molar-refractivity contribution in [1.82, 2.24) is 5.32 Å². The van der Waals surface area contributed by atoms with Crippen molar-refractivity contribution in [3.05, 3.63) is 63.1 Å².